The molecule has 1 amide bonds. The first kappa shape index (κ1) is 30.3. The molecule has 0 saturated carbocycles. The predicted octanol–water partition coefficient (Wildman–Crippen LogP) is 7.96. The van der Waals surface area contributed by atoms with Gasteiger partial charge in [-0.25, -0.2) is 0 Å². The summed E-state index contributed by atoms with van der Waals surface area (Å²) in [6.45, 7) is 3.84. The van der Waals surface area contributed by atoms with Crippen molar-refractivity contribution < 1.29 is 14.3 Å². The van der Waals surface area contributed by atoms with E-state index in [1.54, 1.807) is 4.90 Å². The molecule has 0 unspecified atom stereocenters. The van der Waals surface area contributed by atoms with E-state index in [0.29, 0.717) is 11.4 Å². The summed E-state index contributed by atoms with van der Waals surface area (Å²) in [5, 5.41) is 4.30. The Hall–Kier alpha value is -4.71. The summed E-state index contributed by atoms with van der Waals surface area (Å²) in [7, 11) is 1.41. The average Bonchev–Trinajstić information content (AvgIpc) is 3.29. The first-order valence-electron chi connectivity index (χ1n) is 15.0. The Morgan fingerprint density at radius 3 is 1.78 bits per heavy atom. The number of esters is 1. The van der Waals surface area contributed by atoms with Gasteiger partial charge in [0.2, 0.25) is 5.91 Å². The number of carbonyl (C=O) groups is 2. The number of anilines is 2. The van der Waals surface area contributed by atoms with Crippen molar-refractivity contribution in [1.82, 2.24) is 5.32 Å². The summed E-state index contributed by atoms with van der Waals surface area (Å²) in [4.78, 5) is 28.8. The molecule has 0 aliphatic carbocycles. The molecule has 6 rings (SSSR count). The number of nitrogens with one attached hydrogen (secondary N) is 1. The summed E-state index contributed by atoms with van der Waals surface area (Å²) in [6, 6.07) is 43.1. The fourth-order valence-electron chi connectivity index (χ4n) is 6.42. The Balaban J connectivity index is 1.39. The van der Waals surface area contributed by atoms with Gasteiger partial charge in [0, 0.05) is 5.69 Å². The Labute approximate surface area is 269 Å². The number of benzene rings is 5. The van der Waals surface area contributed by atoms with E-state index < -0.39 is 17.0 Å². The predicted molar refractivity (Wildman–Crippen MR) is 180 cm³/mol. The Bertz CT molecular complexity index is 1710. The van der Waals surface area contributed by atoms with Gasteiger partial charge < -0.3 is 4.74 Å². The molecule has 5 aromatic rings. The maximum absolute atomic E-state index is 13.6. The Morgan fingerprint density at radius 1 is 0.778 bits per heavy atom. The van der Waals surface area contributed by atoms with Gasteiger partial charge in [-0.15, -0.1) is 0 Å². The van der Waals surface area contributed by atoms with E-state index in [9.17, 15) is 9.59 Å². The molecule has 0 aromatic heterocycles. The van der Waals surface area contributed by atoms with Crippen LogP contribution in [-0.2, 0) is 31.7 Å². The highest BCUT2D eigenvalue weighted by molar-refractivity contribution is 6.35. The lowest BCUT2D eigenvalue weighted by molar-refractivity contribution is -0.143. The second-order valence-corrected chi connectivity index (χ2v) is 12.2. The number of ether oxygens (including phenoxy) is 1. The van der Waals surface area contributed by atoms with Crippen LogP contribution in [0.25, 0.3) is 0 Å². The van der Waals surface area contributed by atoms with Crippen LogP contribution in [0.2, 0.25) is 5.02 Å². The lowest BCUT2D eigenvalue weighted by Gasteiger charge is -2.39. The zero-order valence-corrected chi connectivity index (χ0v) is 26.3. The standard InChI is InChI=1S/C39H35ClN2O3/c1-38(2)32-20-13-21-33(40)35(32)42(37(38)44)31-24-22-27(23-25-31)26-34(36(43)45-3)41-39(28-14-7-4-8-15-28,29-16-9-5-10-17-29)30-18-11-6-12-19-30/h4-25,34,41H,26H2,1-3H3/t34-/m0/s1. The van der Waals surface area contributed by atoms with Crippen molar-refractivity contribution in [3.8, 4) is 0 Å². The third-order valence-corrected chi connectivity index (χ3v) is 9.06. The molecule has 1 atom stereocenters. The lowest BCUT2D eigenvalue weighted by Crippen LogP contribution is -2.53. The molecule has 6 heteroatoms. The SMILES string of the molecule is COC(=O)[C@H](Cc1ccc(N2C(=O)C(C)(C)c3cccc(Cl)c32)cc1)NC(c1ccccc1)(c1ccccc1)c1ccccc1. The first-order chi connectivity index (χ1) is 21.8. The number of fused-ring (bicyclic) bond motifs is 1. The quantitative estimate of drug-likeness (QED) is 0.135. The van der Waals surface area contributed by atoms with Crippen molar-refractivity contribution in [1.29, 1.82) is 0 Å². The first-order valence-corrected chi connectivity index (χ1v) is 15.4. The van der Waals surface area contributed by atoms with Gasteiger partial charge in [0.15, 0.2) is 0 Å². The van der Waals surface area contributed by atoms with E-state index in [0.717, 1.165) is 39.2 Å². The summed E-state index contributed by atoms with van der Waals surface area (Å²) in [6.07, 6.45) is 0.359. The molecular formula is C39H35ClN2O3. The normalized spacial score (nSPS) is 14.6. The van der Waals surface area contributed by atoms with Crippen LogP contribution in [0, 0.1) is 0 Å². The van der Waals surface area contributed by atoms with Crippen molar-refractivity contribution in [2.24, 2.45) is 0 Å². The molecule has 0 bridgehead atoms. The highest BCUT2D eigenvalue weighted by Crippen LogP contribution is 2.48. The molecular weight excluding hydrogens is 580 g/mol. The van der Waals surface area contributed by atoms with Crippen LogP contribution in [0.1, 0.15) is 41.7 Å². The average molecular weight is 615 g/mol. The number of carbonyl (C=O) groups excluding carboxylic acids is 2. The molecule has 0 saturated heterocycles. The zero-order valence-electron chi connectivity index (χ0n) is 25.5. The number of para-hydroxylation sites is 1. The fourth-order valence-corrected chi connectivity index (χ4v) is 6.68. The number of halogens is 1. The van der Waals surface area contributed by atoms with Gasteiger partial charge in [-0.3, -0.25) is 19.8 Å². The number of nitrogens with zero attached hydrogens (tertiary/aromatic N) is 1. The smallest absolute Gasteiger partial charge is 0.323 e. The minimum absolute atomic E-state index is 0.0363. The van der Waals surface area contributed by atoms with Crippen molar-refractivity contribution >= 4 is 34.9 Å². The third kappa shape index (κ3) is 5.43. The molecule has 0 spiro atoms. The van der Waals surface area contributed by atoms with Crippen LogP contribution in [0.3, 0.4) is 0 Å². The highest BCUT2D eigenvalue weighted by Gasteiger charge is 2.45. The monoisotopic (exact) mass is 614 g/mol. The van der Waals surface area contributed by atoms with Crippen molar-refractivity contribution in [3.05, 3.63) is 166 Å². The van der Waals surface area contributed by atoms with Gasteiger partial charge in [0.25, 0.3) is 0 Å². The van der Waals surface area contributed by atoms with E-state index in [1.807, 2.05) is 111 Å². The van der Waals surface area contributed by atoms with E-state index in [2.05, 4.69) is 41.7 Å². The highest BCUT2D eigenvalue weighted by atomic mass is 35.5. The molecule has 1 heterocycles. The summed E-state index contributed by atoms with van der Waals surface area (Å²) in [5.74, 6) is -0.408. The summed E-state index contributed by atoms with van der Waals surface area (Å²) < 4.78 is 5.36. The van der Waals surface area contributed by atoms with Crippen LogP contribution < -0.4 is 10.2 Å². The maximum atomic E-state index is 13.6. The maximum Gasteiger partial charge on any atom is 0.323 e. The van der Waals surface area contributed by atoms with Crippen molar-refractivity contribution in [2.75, 3.05) is 12.0 Å². The minimum atomic E-state index is -0.851. The molecule has 0 radical (unpaired) electrons. The topological polar surface area (TPSA) is 58.6 Å². The number of hydrogen-bond acceptors (Lipinski definition) is 4. The molecule has 45 heavy (non-hydrogen) atoms. The second kappa shape index (κ2) is 12.4. The molecule has 0 fully saturated rings. The van der Waals surface area contributed by atoms with E-state index in [1.165, 1.54) is 7.11 Å². The largest absolute Gasteiger partial charge is 0.468 e. The molecule has 1 N–H and O–H groups in total. The van der Waals surface area contributed by atoms with E-state index in [-0.39, 0.29) is 11.9 Å². The van der Waals surface area contributed by atoms with Gasteiger partial charge in [-0.1, -0.05) is 127 Å². The van der Waals surface area contributed by atoms with Crippen LogP contribution in [0.5, 0.6) is 0 Å². The van der Waals surface area contributed by atoms with Crippen LogP contribution >= 0.6 is 11.6 Å². The van der Waals surface area contributed by atoms with Gasteiger partial charge in [0.05, 0.1) is 28.8 Å². The van der Waals surface area contributed by atoms with Gasteiger partial charge in [-0.05, 0) is 66.3 Å². The van der Waals surface area contributed by atoms with Crippen LogP contribution in [0.15, 0.2) is 133 Å². The fraction of sp³-hybridized carbons (Fsp3) is 0.179. The number of amides is 1. The lowest BCUT2D eigenvalue weighted by atomic mass is 9.76. The number of rotatable bonds is 9. The molecule has 226 valence electrons. The molecule has 1 aliphatic rings. The van der Waals surface area contributed by atoms with Crippen LogP contribution in [-0.4, -0.2) is 25.0 Å². The minimum Gasteiger partial charge on any atom is -0.468 e. The van der Waals surface area contributed by atoms with Crippen LogP contribution in [0.4, 0.5) is 11.4 Å². The summed E-state index contributed by atoms with van der Waals surface area (Å²) >= 11 is 6.62. The van der Waals surface area contributed by atoms with Gasteiger partial charge in [0.1, 0.15) is 6.04 Å². The molecule has 1 aliphatic heterocycles. The van der Waals surface area contributed by atoms with Crippen molar-refractivity contribution in [2.45, 2.75) is 37.3 Å². The second-order valence-electron chi connectivity index (χ2n) is 11.8. The van der Waals surface area contributed by atoms with Crippen molar-refractivity contribution in [3.63, 3.8) is 0 Å². The number of hydrogen-bond donors (Lipinski definition) is 1. The Kier molecular flexibility index (Phi) is 8.32. The third-order valence-electron chi connectivity index (χ3n) is 8.75. The zero-order chi connectivity index (χ0) is 31.6. The van der Waals surface area contributed by atoms with Gasteiger partial charge >= 0.3 is 5.97 Å². The Morgan fingerprint density at radius 2 is 1.29 bits per heavy atom. The van der Waals surface area contributed by atoms with E-state index in [4.69, 9.17) is 16.3 Å². The number of methoxy groups -OCH3 is 1. The molecule has 5 nitrogen and oxygen atoms in total. The summed E-state index contributed by atoms with van der Waals surface area (Å²) in [5.41, 5.74) is 4.69. The van der Waals surface area contributed by atoms with Gasteiger partial charge in [-0.2, -0.15) is 0 Å². The molecule has 5 aromatic carbocycles. The van der Waals surface area contributed by atoms with E-state index >= 15 is 0 Å².